The third-order valence-corrected chi connectivity index (χ3v) is 18.8. The Kier molecular flexibility index (Phi) is 22.0. The molecule has 3 aromatic carbocycles. The van der Waals surface area contributed by atoms with Crippen molar-refractivity contribution < 1.29 is 62.7 Å². The molecule has 1 aromatic heterocycles. The van der Waals surface area contributed by atoms with Crippen molar-refractivity contribution in [1.29, 1.82) is 0 Å². The number of methoxy groups -OCH3 is 1. The second-order valence-corrected chi connectivity index (χ2v) is 23.7. The lowest BCUT2D eigenvalue weighted by Gasteiger charge is -2.62. The van der Waals surface area contributed by atoms with E-state index in [0.717, 1.165) is 56.9 Å². The summed E-state index contributed by atoms with van der Waals surface area (Å²) in [5.74, 6) is -2.77. The third kappa shape index (κ3) is 13.1. The summed E-state index contributed by atoms with van der Waals surface area (Å²) in [5, 5.41) is 33.1. The van der Waals surface area contributed by atoms with E-state index in [0.29, 0.717) is 93.9 Å². The molecule has 0 aliphatic heterocycles. The first-order chi connectivity index (χ1) is 38.4. The summed E-state index contributed by atoms with van der Waals surface area (Å²) >= 11 is 11.7. The average molecular weight is 1160 g/mol. The fourth-order valence-electron chi connectivity index (χ4n) is 13.4. The minimum Gasteiger partial charge on any atom is -0.497 e. The van der Waals surface area contributed by atoms with Gasteiger partial charge in [0, 0.05) is 38.4 Å². The number of Topliss-reactive ketones (excluding diaryl/α,β-unsaturated/α-hetero) is 1. The van der Waals surface area contributed by atoms with Gasteiger partial charge in [0.05, 0.1) is 55.4 Å². The maximum Gasteiger partial charge on any atom is 0.339 e. The molecular formula is C65H82Cl2FNO12. The highest BCUT2D eigenvalue weighted by atomic mass is 35.5. The molecule has 81 heavy (non-hydrogen) atoms. The Hall–Kier alpha value is -5.67. The number of rotatable bonds is 20. The van der Waals surface area contributed by atoms with Gasteiger partial charge in [-0.1, -0.05) is 115 Å². The topological polar surface area (TPSA) is 196 Å². The molecule has 0 saturated heterocycles. The number of ketones is 2. The average Bonchev–Trinajstić information content (AvgIpc) is 4.00. The molecule has 1 heterocycles. The number of nitrogens with zero attached hydrogens (tertiary/aromatic N) is 1. The number of hydrogen-bond donors (Lipinski definition) is 3. The highest BCUT2D eigenvalue weighted by Gasteiger charge is 2.75. The molecule has 4 aliphatic rings. The molecule has 0 radical (unpaired) electrons. The molecule has 0 amide bonds. The van der Waals surface area contributed by atoms with Gasteiger partial charge < -0.3 is 29.5 Å². The summed E-state index contributed by atoms with van der Waals surface area (Å²) in [6, 6.07) is 18.6. The van der Waals surface area contributed by atoms with Crippen LogP contribution in [0.1, 0.15) is 168 Å². The van der Waals surface area contributed by atoms with Crippen LogP contribution in [0.15, 0.2) is 90.5 Å². The fraction of sp³-hybridized carbons (Fsp3) is 0.538. The van der Waals surface area contributed by atoms with Crippen molar-refractivity contribution >= 4 is 69.5 Å². The van der Waals surface area contributed by atoms with E-state index in [1.54, 1.807) is 93.8 Å². The Bertz CT molecular complexity index is 2940. The summed E-state index contributed by atoms with van der Waals surface area (Å²) in [5.41, 5.74) is -2.00. The first-order valence-electron chi connectivity index (χ1n) is 28.7. The van der Waals surface area contributed by atoms with Crippen molar-refractivity contribution in [3.8, 4) is 5.75 Å². The van der Waals surface area contributed by atoms with Crippen LogP contribution in [0.3, 0.4) is 0 Å². The van der Waals surface area contributed by atoms with Crippen LogP contribution in [0.25, 0.3) is 10.9 Å². The van der Waals surface area contributed by atoms with E-state index in [1.807, 2.05) is 13.8 Å². The standard InChI is InChI=1S/C24H38O4.C22H28ClFO4.C19H16ClNO4/c1-5-9-13-19(7-3)17-27-23(25)21-15-11-12-16-22(21)24(26)28-18-20(8-4)14-10-6-2;1-12-8-16-15-5-4-13-9-14(25)6-7-19(13,2)21(15,24)17(26)10-20(16,3)22(12,28)18(27)11-23;1-11-15(10-18(22)23)16-9-14(25-2)7-8-17(16)21(11)19(24)12-3-5-13(20)6-4-12/h11-12,15-16,19-20H,5-10,13-14,17-18H2,1-4H3;6-7,9,12,15-17,26,28H,4-5,8,10-11H2,1-3H3;3-9H,10H2,1-2H3,(H,22,23)/t;12-,15-,16-,17-,19-,20-,21-,22-;/m.0./s1. The number of hydrogen-bond acceptors (Lipinski definition) is 11. The molecule has 0 bridgehead atoms. The van der Waals surface area contributed by atoms with Gasteiger partial charge in [0.1, 0.15) is 11.4 Å². The van der Waals surface area contributed by atoms with Crippen LogP contribution in [0.4, 0.5) is 4.39 Å². The van der Waals surface area contributed by atoms with Crippen LogP contribution in [-0.4, -0.2) is 98.8 Å². The summed E-state index contributed by atoms with van der Waals surface area (Å²) < 4.78 is 34.7. The van der Waals surface area contributed by atoms with Crippen LogP contribution in [0.5, 0.6) is 5.75 Å². The van der Waals surface area contributed by atoms with Crippen LogP contribution < -0.4 is 4.74 Å². The van der Waals surface area contributed by atoms with Crippen molar-refractivity contribution in [2.45, 2.75) is 156 Å². The Morgan fingerprint density at radius 3 is 1.96 bits per heavy atom. The lowest BCUT2D eigenvalue weighted by atomic mass is 9.44. The quantitative estimate of drug-likeness (QED) is 0.0560. The van der Waals surface area contributed by atoms with Crippen molar-refractivity contribution in [3.05, 3.63) is 124 Å². The maximum absolute atomic E-state index is 16.9. The lowest BCUT2D eigenvalue weighted by Crippen LogP contribution is -2.69. The predicted molar refractivity (Wildman–Crippen MR) is 313 cm³/mol. The SMILES string of the molecule is CCCCC(CC)COC(=O)c1ccccc1C(=O)OCC(CC)CCCC.COc1ccc2c(c1)c(CC(=O)O)c(C)n2C(=O)c1ccc(Cl)cc1.C[C@H]1C[C@H]2[C@@H]3CCC4=CC(=O)C=C[C@]4(C)[C@@]3(F)[C@@H](O)C[C@]2(C)[C@@]1(O)C(=O)CCl. The van der Waals surface area contributed by atoms with E-state index in [4.69, 9.17) is 37.4 Å². The molecule has 3 saturated carbocycles. The van der Waals surface area contributed by atoms with Gasteiger partial charge in [-0.3, -0.25) is 23.7 Å². The van der Waals surface area contributed by atoms with E-state index in [-0.39, 0.29) is 42.2 Å². The molecule has 2 unspecified atom stereocenters. The summed E-state index contributed by atoms with van der Waals surface area (Å²) in [6.45, 7) is 16.5. The number of alkyl halides is 2. The van der Waals surface area contributed by atoms with Crippen molar-refractivity contribution in [2.24, 2.45) is 40.4 Å². The van der Waals surface area contributed by atoms with E-state index in [2.05, 4.69) is 27.7 Å². The number of aliphatic carboxylic acids is 1. The Labute approximate surface area is 486 Å². The molecule has 440 valence electrons. The maximum atomic E-state index is 16.9. The molecular weight excluding hydrogens is 1080 g/mol. The minimum absolute atomic E-state index is 0.0151. The second kappa shape index (κ2) is 27.6. The zero-order valence-corrected chi connectivity index (χ0v) is 50.0. The van der Waals surface area contributed by atoms with E-state index < -0.39 is 57.8 Å². The second-order valence-electron chi connectivity index (χ2n) is 23.0. The van der Waals surface area contributed by atoms with Gasteiger partial charge in [-0.05, 0) is 148 Å². The number of carboxylic acid groups (broad SMARTS) is 1. The van der Waals surface area contributed by atoms with Gasteiger partial charge in [0.2, 0.25) is 0 Å². The molecule has 16 heteroatoms. The first-order valence-corrected chi connectivity index (χ1v) is 29.6. The summed E-state index contributed by atoms with van der Waals surface area (Å²) in [4.78, 5) is 73.9. The van der Waals surface area contributed by atoms with Crippen molar-refractivity contribution in [1.82, 2.24) is 4.57 Å². The molecule has 4 aromatic rings. The summed E-state index contributed by atoms with van der Waals surface area (Å²) in [6.07, 6.45) is 13.1. The Morgan fingerprint density at radius 1 is 0.864 bits per heavy atom. The monoisotopic (exact) mass is 1160 g/mol. The van der Waals surface area contributed by atoms with Crippen LogP contribution in [-0.2, 0) is 30.3 Å². The number of carbonyl (C=O) groups is 6. The lowest BCUT2D eigenvalue weighted by molar-refractivity contribution is -0.218. The number of carboxylic acids is 1. The van der Waals surface area contributed by atoms with Crippen LogP contribution in [0, 0.1) is 47.3 Å². The molecule has 3 fully saturated rings. The number of aliphatic hydroxyl groups excluding tert-OH is 1. The fourth-order valence-corrected chi connectivity index (χ4v) is 13.7. The van der Waals surface area contributed by atoms with Crippen molar-refractivity contribution in [3.63, 3.8) is 0 Å². The molecule has 3 N–H and O–H groups in total. The van der Waals surface area contributed by atoms with Gasteiger partial charge in [0.25, 0.3) is 5.91 Å². The largest absolute Gasteiger partial charge is 0.497 e. The number of allylic oxidation sites excluding steroid dienone is 4. The molecule has 4 aliphatic carbocycles. The molecule has 10 atom stereocenters. The minimum atomic E-state index is -1.95. The number of aromatic nitrogens is 1. The van der Waals surface area contributed by atoms with Gasteiger partial charge in [0.15, 0.2) is 17.2 Å². The van der Waals surface area contributed by atoms with Crippen molar-refractivity contribution in [2.75, 3.05) is 26.2 Å². The number of fused-ring (bicyclic) bond motifs is 6. The van der Waals surface area contributed by atoms with E-state index in [9.17, 15) is 44.1 Å². The highest BCUT2D eigenvalue weighted by Crippen LogP contribution is 2.70. The Balaban J connectivity index is 0.000000196. The van der Waals surface area contributed by atoms with Gasteiger partial charge in [-0.25, -0.2) is 14.0 Å². The first kappa shape index (κ1) is 64.5. The van der Waals surface area contributed by atoms with Gasteiger partial charge >= 0.3 is 17.9 Å². The number of aliphatic hydroxyl groups is 2. The number of benzene rings is 3. The van der Waals surface area contributed by atoms with Gasteiger partial charge in [-0.2, -0.15) is 0 Å². The number of unbranched alkanes of at least 4 members (excludes halogenated alkanes) is 2. The van der Waals surface area contributed by atoms with Crippen LogP contribution >= 0.6 is 23.2 Å². The van der Waals surface area contributed by atoms with E-state index >= 15 is 4.39 Å². The smallest absolute Gasteiger partial charge is 0.339 e. The highest BCUT2D eigenvalue weighted by molar-refractivity contribution is 6.30. The number of esters is 2. The zero-order valence-electron chi connectivity index (χ0n) is 48.5. The summed E-state index contributed by atoms with van der Waals surface area (Å²) in [7, 11) is 1.54. The molecule has 13 nitrogen and oxygen atoms in total. The molecule has 0 spiro atoms. The number of carbonyl (C=O) groups excluding carboxylic acids is 5. The third-order valence-electron chi connectivity index (χ3n) is 18.3. The number of halogens is 3. The number of ether oxygens (including phenoxy) is 3. The normalized spacial score (nSPS) is 26.0. The van der Waals surface area contributed by atoms with E-state index in [1.165, 1.54) is 16.7 Å². The Morgan fingerprint density at radius 2 is 1.44 bits per heavy atom. The van der Waals surface area contributed by atoms with Gasteiger partial charge in [-0.15, -0.1) is 11.6 Å². The van der Waals surface area contributed by atoms with Crippen LogP contribution in [0.2, 0.25) is 5.02 Å². The molecule has 8 rings (SSSR count). The predicted octanol–water partition coefficient (Wildman–Crippen LogP) is 13.5. The zero-order chi connectivity index (χ0) is 59.6.